The lowest BCUT2D eigenvalue weighted by Gasteiger charge is -2.33. The predicted octanol–water partition coefficient (Wildman–Crippen LogP) is 3.64. The smallest absolute Gasteiger partial charge is 0.129 e. The number of halogens is 1. The number of nitrogens with zero attached hydrogens (tertiary/aromatic N) is 2. The van der Waals surface area contributed by atoms with Crippen LogP contribution in [-0.4, -0.2) is 31.8 Å². The van der Waals surface area contributed by atoms with Crippen LogP contribution < -0.4 is 4.90 Å². The van der Waals surface area contributed by atoms with Gasteiger partial charge < -0.3 is 9.64 Å². The topological polar surface area (TPSA) is 25.4 Å². The molecule has 4 heteroatoms. The number of methoxy groups -OCH3 is 1. The maximum Gasteiger partial charge on any atom is 0.129 e. The van der Waals surface area contributed by atoms with Gasteiger partial charge in [-0.15, -0.1) is 11.6 Å². The van der Waals surface area contributed by atoms with Crippen LogP contribution in [0.15, 0.2) is 12.1 Å². The Balaban J connectivity index is 2.06. The maximum atomic E-state index is 6.01. The number of aromatic nitrogens is 1. The first-order valence-corrected chi connectivity index (χ1v) is 8.10. The zero-order chi connectivity index (χ0) is 14.4. The molecular formula is C16H25ClN2O. The Bertz CT molecular complexity index is 417. The standard InChI is InChI=1S/C16H25ClN2O/c1-3-4-15-9-14(11-17)10-16(18-15)19-7-5-13(6-8-19)12-20-2/h9-10,13H,3-8,11-12H2,1-2H3. The lowest BCUT2D eigenvalue weighted by atomic mass is 9.98. The zero-order valence-corrected chi connectivity index (χ0v) is 13.3. The molecule has 0 unspecified atom stereocenters. The third-order valence-electron chi connectivity index (χ3n) is 3.93. The molecule has 1 saturated heterocycles. The molecule has 0 bridgehead atoms. The van der Waals surface area contributed by atoms with Crippen molar-refractivity contribution in [3.63, 3.8) is 0 Å². The van der Waals surface area contributed by atoms with Gasteiger partial charge in [0.05, 0.1) is 0 Å². The quantitative estimate of drug-likeness (QED) is 0.750. The summed E-state index contributed by atoms with van der Waals surface area (Å²) in [6, 6.07) is 4.28. The fraction of sp³-hybridized carbons (Fsp3) is 0.688. The molecule has 20 heavy (non-hydrogen) atoms. The lowest BCUT2D eigenvalue weighted by molar-refractivity contribution is 0.139. The van der Waals surface area contributed by atoms with Crippen LogP contribution in [0.2, 0.25) is 0 Å². The molecule has 0 saturated carbocycles. The molecule has 0 amide bonds. The van der Waals surface area contributed by atoms with Crippen LogP contribution >= 0.6 is 11.6 Å². The molecule has 0 N–H and O–H groups in total. The van der Waals surface area contributed by atoms with Gasteiger partial charge in [0.1, 0.15) is 5.82 Å². The van der Waals surface area contributed by atoms with E-state index in [0.717, 1.165) is 38.4 Å². The molecule has 2 rings (SSSR count). The summed E-state index contributed by atoms with van der Waals surface area (Å²) in [5.41, 5.74) is 2.35. The molecule has 3 nitrogen and oxygen atoms in total. The van der Waals surface area contributed by atoms with E-state index in [1.807, 2.05) is 0 Å². The minimum absolute atomic E-state index is 0.562. The monoisotopic (exact) mass is 296 g/mol. The van der Waals surface area contributed by atoms with Gasteiger partial charge in [0.25, 0.3) is 0 Å². The summed E-state index contributed by atoms with van der Waals surface area (Å²) >= 11 is 6.01. The number of rotatable bonds is 6. The molecule has 1 fully saturated rings. The third-order valence-corrected chi connectivity index (χ3v) is 4.23. The summed E-state index contributed by atoms with van der Waals surface area (Å²) < 4.78 is 5.26. The SMILES string of the molecule is CCCc1cc(CCl)cc(N2CCC(COC)CC2)n1. The first kappa shape index (κ1) is 15.6. The Morgan fingerprint density at radius 2 is 2.10 bits per heavy atom. The van der Waals surface area contributed by atoms with Crippen LogP contribution in [0.5, 0.6) is 0 Å². The van der Waals surface area contributed by atoms with Crippen molar-refractivity contribution in [1.29, 1.82) is 0 Å². The van der Waals surface area contributed by atoms with E-state index in [2.05, 4.69) is 24.0 Å². The number of anilines is 1. The number of pyridine rings is 1. The van der Waals surface area contributed by atoms with Crippen molar-refractivity contribution in [1.82, 2.24) is 4.98 Å². The molecule has 0 spiro atoms. The number of ether oxygens (including phenoxy) is 1. The molecule has 112 valence electrons. The summed E-state index contributed by atoms with van der Waals surface area (Å²) in [6.45, 7) is 5.20. The van der Waals surface area contributed by atoms with Crippen LogP contribution in [0.3, 0.4) is 0 Å². The molecule has 1 aromatic rings. The molecule has 2 heterocycles. The minimum Gasteiger partial charge on any atom is -0.384 e. The normalized spacial score (nSPS) is 16.6. The van der Waals surface area contributed by atoms with E-state index in [-0.39, 0.29) is 0 Å². The molecular weight excluding hydrogens is 272 g/mol. The molecule has 1 aromatic heterocycles. The van der Waals surface area contributed by atoms with Crippen LogP contribution in [0.1, 0.15) is 37.4 Å². The molecule has 1 aliphatic heterocycles. The highest BCUT2D eigenvalue weighted by atomic mass is 35.5. The average Bonchev–Trinajstić information content (AvgIpc) is 2.48. The van der Waals surface area contributed by atoms with Crippen LogP contribution in [0.25, 0.3) is 0 Å². The second kappa shape index (κ2) is 7.84. The number of piperidine rings is 1. The zero-order valence-electron chi connectivity index (χ0n) is 12.6. The van der Waals surface area contributed by atoms with Crippen LogP contribution in [-0.2, 0) is 17.0 Å². The second-order valence-electron chi connectivity index (χ2n) is 5.59. The third kappa shape index (κ3) is 4.10. The Labute approximate surface area is 127 Å². The number of aryl methyl sites for hydroxylation is 1. The van der Waals surface area contributed by atoms with Crippen molar-refractivity contribution in [2.45, 2.75) is 38.5 Å². The lowest BCUT2D eigenvalue weighted by Crippen LogP contribution is -2.35. The van der Waals surface area contributed by atoms with E-state index in [4.69, 9.17) is 21.3 Å². The van der Waals surface area contributed by atoms with Gasteiger partial charge >= 0.3 is 0 Å². The van der Waals surface area contributed by atoms with E-state index in [0.29, 0.717) is 11.8 Å². The molecule has 0 atom stereocenters. The minimum atomic E-state index is 0.562. The van der Waals surface area contributed by atoms with E-state index in [1.165, 1.54) is 24.1 Å². The molecule has 0 aromatic carbocycles. The maximum absolute atomic E-state index is 6.01. The fourth-order valence-electron chi connectivity index (χ4n) is 2.82. The number of alkyl halides is 1. The predicted molar refractivity (Wildman–Crippen MR) is 84.6 cm³/mol. The van der Waals surface area contributed by atoms with Crippen molar-refractivity contribution in [3.05, 3.63) is 23.4 Å². The summed E-state index contributed by atoms with van der Waals surface area (Å²) in [6.07, 6.45) is 4.51. The number of hydrogen-bond donors (Lipinski definition) is 0. The highest BCUT2D eigenvalue weighted by molar-refractivity contribution is 6.17. The Hall–Kier alpha value is -0.800. The highest BCUT2D eigenvalue weighted by Gasteiger charge is 2.20. The Morgan fingerprint density at radius 3 is 2.70 bits per heavy atom. The second-order valence-corrected chi connectivity index (χ2v) is 5.86. The van der Waals surface area contributed by atoms with Gasteiger partial charge in [0.2, 0.25) is 0 Å². The van der Waals surface area contributed by atoms with Crippen molar-refractivity contribution in [3.8, 4) is 0 Å². The van der Waals surface area contributed by atoms with Crippen molar-refractivity contribution in [2.75, 3.05) is 31.7 Å². The van der Waals surface area contributed by atoms with Gasteiger partial charge in [0.15, 0.2) is 0 Å². The van der Waals surface area contributed by atoms with E-state index >= 15 is 0 Å². The van der Waals surface area contributed by atoms with E-state index < -0.39 is 0 Å². The van der Waals surface area contributed by atoms with E-state index in [1.54, 1.807) is 7.11 Å². The molecule has 0 radical (unpaired) electrons. The van der Waals surface area contributed by atoms with E-state index in [9.17, 15) is 0 Å². The first-order valence-electron chi connectivity index (χ1n) is 7.56. The van der Waals surface area contributed by atoms with Crippen LogP contribution in [0.4, 0.5) is 5.82 Å². The van der Waals surface area contributed by atoms with Crippen molar-refractivity contribution in [2.24, 2.45) is 5.92 Å². The average molecular weight is 297 g/mol. The Kier molecular flexibility index (Phi) is 6.11. The molecule has 0 aliphatic carbocycles. The van der Waals surface area contributed by atoms with Gasteiger partial charge in [-0.1, -0.05) is 13.3 Å². The fourth-order valence-corrected chi connectivity index (χ4v) is 2.98. The van der Waals surface area contributed by atoms with Gasteiger partial charge in [-0.25, -0.2) is 4.98 Å². The first-order chi connectivity index (χ1) is 9.76. The summed E-state index contributed by atoms with van der Waals surface area (Å²) in [4.78, 5) is 7.19. The van der Waals surface area contributed by atoms with Gasteiger partial charge in [-0.3, -0.25) is 0 Å². The van der Waals surface area contributed by atoms with Crippen molar-refractivity contribution < 1.29 is 4.74 Å². The Morgan fingerprint density at radius 1 is 1.35 bits per heavy atom. The van der Waals surface area contributed by atoms with Crippen LogP contribution in [0, 0.1) is 5.92 Å². The summed E-state index contributed by atoms with van der Waals surface area (Å²) in [5, 5.41) is 0. The van der Waals surface area contributed by atoms with Crippen molar-refractivity contribution >= 4 is 17.4 Å². The largest absolute Gasteiger partial charge is 0.384 e. The van der Waals surface area contributed by atoms with Gasteiger partial charge in [0, 0.05) is 38.4 Å². The summed E-state index contributed by atoms with van der Waals surface area (Å²) in [7, 11) is 1.79. The molecule has 1 aliphatic rings. The van der Waals surface area contributed by atoms with Gasteiger partial charge in [-0.05, 0) is 42.9 Å². The van der Waals surface area contributed by atoms with Gasteiger partial charge in [-0.2, -0.15) is 0 Å². The summed E-state index contributed by atoms with van der Waals surface area (Å²) in [5.74, 6) is 2.36. The number of hydrogen-bond acceptors (Lipinski definition) is 3. The highest BCUT2D eigenvalue weighted by Crippen LogP contribution is 2.24.